The molecule has 3 atom stereocenters. The van der Waals surface area contributed by atoms with Crippen LogP contribution in [0.25, 0.3) is 0 Å². The molecule has 2 aliphatic rings. The van der Waals surface area contributed by atoms with Gasteiger partial charge in [0.1, 0.15) is 9.57 Å². The number of morpholine rings is 1. The molecule has 1 aromatic carbocycles. The van der Waals surface area contributed by atoms with Crippen LogP contribution in [-0.2, 0) is 14.3 Å². The van der Waals surface area contributed by atoms with Gasteiger partial charge in [-0.3, -0.25) is 9.59 Å². The summed E-state index contributed by atoms with van der Waals surface area (Å²) < 4.78 is 6.39. The quantitative estimate of drug-likeness (QED) is 0.583. The van der Waals surface area contributed by atoms with Crippen LogP contribution in [0.4, 0.5) is 5.69 Å². The molecule has 2 amide bonds. The highest BCUT2D eigenvalue weighted by Crippen LogP contribution is 2.32. The summed E-state index contributed by atoms with van der Waals surface area (Å²) in [7, 11) is 0. The van der Waals surface area contributed by atoms with E-state index in [1.807, 2.05) is 45.0 Å². The molecule has 5 nitrogen and oxygen atoms in total. The Balaban J connectivity index is 1.68. The second kappa shape index (κ2) is 7.43. The summed E-state index contributed by atoms with van der Waals surface area (Å²) in [5.74, 6) is -0.353. The number of imide groups is 1. The van der Waals surface area contributed by atoms with Gasteiger partial charge in [0, 0.05) is 19.5 Å². The van der Waals surface area contributed by atoms with Crippen LogP contribution >= 0.6 is 24.0 Å². The minimum Gasteiger partial charge on any atom is -0.372 e. The summed E-state index contributed by atoms with van der Waals surface area (Å²) in [5.41, 5.74) is 1.72. The van der Waals surface area contributed by atoms with Crippen LogP contribution in [0.1, 0.15) is 25.8 Å². The van der Waals surface area contributed by atoms with E-state index in [1.54, 1.807) is 0 Å². The first-order valence-electron chi connectivity index (χ1n) is 8.39. The van der Waals surface area contributed by atoms with Gasteiger partial charge in [0.05, 0.1) is 17.9 Å². The SMILES string of the molecule is Cc1ccc(N2C(=O)C[C@H](SC(=S)N3C[C@@H](C)O[C@H](C)C3)C2=O)cc1. The van der Waals surface area contributed by atoms with Crippen molar-refractivity contribution in [2.45, 2.75) is 44.6 Å². The maximum absolute atomic E-state index is 12.7. The average molecular weight is 379 g/mol. The molecular weight excluding hydrogens is 356 g/mol. The predicted molar refractivity (Wildman–Crippen MR) is 104 cm³/mol. The van der Waals surface area contributed by atoms with Crippen LogP contribution in [0.2, 0.25) is 0 Å². The number of amides is 2. The molecule has 1 aromatic rings. The number of carbonyl (C=O) groups is 2. The fraction of sp³-hybridized carbons (Fsp3) is 0.500. The molecule has 0 unspecified atom stereocenters. The number of anilines is 1. The lowest BCUT2D eigenvalue weighted by Crippen LogP contribution is -2.47. The van der Waals surface area contributed by atoms with E-state index in [4.69, 9.17) is 17.0 Å². The van der Waals surface area contributed by atoms with E-state index >= 15 is 0 Å². The van der Waals surface area contributed by atoms with Crippen LogP contribution in [0.3, 0.4) is 0 Å². The molecule has 0 spiro atoms. The van der Waals surface area contributed by atoms with E-state index in [9.17, 15) is 9.59 Å². The molecule has 0 bridgehead atoms. The van der Waals surface area contributed by atoms with Gasteiger partial charge in [-0.25, -0.2) is 4.90 Å². The predicted octanol–water partition coefficient (Wildman–Crippen LogP) is 2.75. The lowest BCUT2D eigenvalue weighted by molar-refractivity contribution is -0.121. The molecular formula is C18H22N2O3S2. The first-order chi connectivity index (χ1) is 11.8. The van der Waals surface area contributed by atoms with Gasteiger partial charge in [0.15, 0.2) is 0 Å². The van der Waals surface area contributed by atoms with E-state index in [0.29, 0.717) is 23.1 Å². The van der Waals surface area contributed by atoms with Gasteiger partial charge in [-0.1, -0.05) is 41.7 Å². The summed E-state index contributed by atoms with van der Waals surface area (Å²) in [5, 5.41) is -0.449. The second-order valence-electron chi connectivity index (χ2n) is 6.64. The number of carbonyl (C=O) groups excluding carboxylic acids is 2. The van der Waals surface area contributed by atoms with Crippen molar-refractivity contribution < 1.29 is 14.3 Å². The summed E-state index contributed by atoms with van der Waals surface area (Å²) >= 11 is 6.85. The van der Waals surface area contributed by atoms with Crippen LogP contribution in [0, 0.1) is 6.92 Å². The molecule has 134 valence electrons. The van der Waals surface area contributed by atoms with Crippen molar-refractivity contribution >= 4 is 45.8 Å². The second-order valence-corrected chi connectivity index (χ2v) is 8.48. The van der Waals surface area contributed by atoms with E-state index in [-0.39, 0.29) is 30.4 Å². The van der Waals surface area contributed by atoms with Crippen molar-refractivity contribution in [3.63, 3.8) is 0 Å². The lowest BCUT2D eigenvalue weighted by atomic mass is 10.2. The van der Waals surface area contributed by atoms with Crippen molar-refractivity contribution in [3.05, 3.63) is 29.8 Å². The zero-order valence-corrected chi connectivity index (χ0v) is 16.2. The first-order valence-corrected chi connectivity index (χ1v) is 9.68. The molecule has 0 N–H and O–H groups in total. The molecule has 0 radical (unpaired) electrons. The minimum absolute atomic E-state index is 0.104. The minimum atomic E-state index is -0.449. The number of thiocarbonyl (C=S) groups is 1. The Hall–Kier alpha value is -1.44. The number of hydrogen-bond donors (Lipinski definition) is 0. The third-order valence-corrected chi connectivity index (χ3v) is 5.98. The van der Waals surface area contributed by atoms with Crippen molar-refractivity contribution in [1.29, 1.82) is 0 Å². The Kier molecular flexibility index (Phi) is 5.46. The molecule has 0 aromatic heterocycles. The van der Waals surface area contributed by atoms with Gasteiger partial charge >= 0.3 is 0 Å². The van der Waals surface area contributed by atoms with Gasteiger partial charge in [0.25, 0.3) is 0 Å². The molecule has 2 fully saturated rings. The topological polar surface area (TPSA) is 49.9 Å². The first kappa shape index (κ1) is 18.4. The van der Waals surface area contributed by atoms with E-state index < -0.39 is 5.25 Å². The van der Waals surface area contributed by atoms with Crippen molar-refractivity contribution in [2.75, 3.05) is 18.0 Å². The third-order valence-electron chi connectivity index (χ3n) is 4.32. The number of aryl methyl sites for hydroxylation is 1. The molecule has 2 heterocycles. The van der Waals surface area contributed by atoms with E-state index in [2.05, 4.69) is 4.90 Å². The Bertz CT molecular complexity index is 682. The molecule has 0 saturated carbocycles. The maximum Gasteiger partial charge on any atom is 0.247 e. The summed E-state index contributed by atoms with van der Waals surface area (Å²) in [6, 6.07) is 7.42. The molecule has 2 saturated heterocycles. The molecule has 7 heteroatoms. The summed E-state index contributed by atoms with van der Waals surface area (Å²) in [6.07, 6.45) is 0.395. The van der Waals surface area contributed by atoms with Crippen LogP contribution < -0.4 is 4.90 Å². The largest absolute Gasteiger partial charge is 0.372 e. The zero-order chi connectivity index (χ0) is 18.1. The molecule has 3 rings (SSSR count). The zero-order valence-electron chi connectivity index (χ0n) is 14.6. The van der Waals surface area contributed by atoms with Crippen LogP contribution in [0.15, 0.2) is 24.3 Å². The van der Waals surface area contributed by atoms with Crippen molar-refractivity contribution in [1.82, 2.24) is 4.90 Å². The number of ether oxygens (including phenoxy) is 1. The molecule has 2 aliphatic heterocycles. The number of nitrogens with zero attached hydrogens (tertiary/aromatic N) is 2. The average Bonchev–Trinajstić information content (AvgIpc) is 2.81. The van der Waals surface area contributed by atoms with Crippen molar-refractivity contribution in [3.8, 4) is 0 Å². The monoisotopic (exact) mass is 378 g/mol. The lowest BCUT2D eigenvalue weighted by Gasteiger charge is -2.36. The van der Waals surface area contributed by atoms with Gasteiger partial charge in [0.2, 0.25) is 11.8 Å². The smallest absolute Gasteiger partial charge is 0.247 e. The normalized spacial score (nSPS) is 27.1. The number of thioether (sulfide) groups is 1. The Morgan fingerprint density at radius 2 is 1.76 bits per heavy atom. The number of benzene rings is 1. The van der Waals surface area contributed by atoms with Gasteiger partial charge in [-0.15, -0.1) is 0 Å². The Labute approximate surface area is 157 Å². The number of hydrogen-bond acceptors (Lipinski definition) is 5. The highest BCUT2D eigenvalue weighted by molar-refractivity contribution is 8.23. The van der Waals surface area contributed by atoms with E-state index in [1.165, 1.54) is 16.7 Å². The number of rotatable bonds is 2. The van der Waals surface area contributed by atoms with Crippen molar-refractivity contribution in [2.24, 2.45) is 0 Å². The van der Waals surface area contributed by atoms with Gasteiger partial charge in [-0.2, -0.15) is 0 Å². The maximum atomic E-state index is 12.7. The highest BCUT2D eigenvalue weighted by Gasteiger charge is 2.41. The van der Waals surface area contributed by atoms with E-state index in [0.717, 1.165) is 5.56 Å². The Morgan fingerprint density at radius 1 is 1.16 bits per heavy atom. The Morgan fingerprint density at radius 3 is 2.36 bits per heavy atom. The van der Waals surface area contributed by atoms with Crippen LogP contribution in [-0.4, -0.2) is 51.6 Å². The standard InChI is InChI=1S/C18H22N2O3S2/c1-11-4-6-14(7-5-11)20-16(21)8-15(17(20)22)25-18(24)19-9-12(2)23-13(3)10-19/h4-7,12-13,15H,8-10H2,1-3H3/t12-,13-,15+/m1/s1. The van der Waals surface area contributed by atoms with Crippen LogP contribution in [0.5, 0.6) is 0 Å². The fourth-order valence-corrected chi connectivity index (χ4v) is 4.66. The third kappa shape index (κ3) is 4.04. The summed E-state index contributed by atoms with van der Waals surface area (Å²) in [4.78, 5) is 28.4. The summed E-state index contributed by atoms with van der Waals surface area (Å²) in [6.45, 7) is 7.43. The molecule has 25 heavy (non-hydrogen) atoms. The van der Waals surface area contributed by atoms with Gasteiger partial charge in [-0.05, 0) is 32.9 Å². The fourth-order valence-electron chi connectivity index (χ4n) is 3.18. The molecule has 0 aliphatic carbocycles. The highest BCUT2D eigenvalue weighted by atomic mass is 32.2. The van der Waals surface area contributed by atoms with Gasteiger partial charge < -0.3 is 9.64 Å².